The van der Waals surface area contributed by atoms with E-state index in [1.165, 1.54) is 11.3 Å². The van der Waals surface area contributed by atoms with Crippen molar-refractivity contribution in [3.05, 3.63) is 46.2 Å². The van der Waals surface area contributed by atoms with Crippen molar-refractivity contribution in [3.63, 3.8) is 0 Å². The Balaban J connectivity index is 1.62. The summed E-state index contributed by atoms with van der Waals surface area (Å²) in [5.41, 5.74) is 0.241. The Hall–Kier alpha value is -2.74. The Bertz CT molecular complexity index is 830. The maximum atomic E-state index is 12.7. The van der Waals surface area contributed by atoms with Crippen molar-refractivity contribution in [3.8, 4) is 11.5 Å². The van der Waals surface area contributed by atoms with Gasteiger partial charge >= 0.3 is 6.09 Å². The molecule has 0 unspecified atom stereocenters. The molecule has 1 aliphatic rings. The Morgan fingerprint density at radius 1 is 1.21 bits per heavy atom. The molecule has 0 radical (unpaired) electrons. The SMILES string of the molecule is CC(C)(C)OC(=O)N[C@H](Cc1cccs1)C(=O)NCc1ccc2c(c1)OCO2. The molecule has 2 heterocycles. The Labute approximate surface area is 168 Å². The summed E-state index contributed by atoms with van der Waals surface area (Å²) in [4.78, 5) is 25.9. The van der Waals surface area contributed by atoms with Crippen molar-refractivity contribution in [2.75, 3.05) is 6.79 Å². The second-order valence-electron chi connectivity index (χ2n) is 7.39. The van der Waals surface area contributed by atoms with Gasteiger partial charge in [-0.1, -0.05) is 12.1 Å². The lowest BCUT2D eigenvalue weighted by atomic mass is 10.1. The van der Waals surface area contributed by atoms with Crippen LogP contribution in [0.1, 0.15) is 31.2 Å². The molecule has 0 fully saturated rings. The van der Waals surface area contributed by atoms with Crippen LogP contribution in [0.2, 0.25) is 0 Å². The molecule has 2 aromatic rings. The molecule has 8 heteroatoms. The fourth-order valence-corrected chi connectivity index (χ4v) is 3.40. The van der Waals surface area contributed by atoms with Crippen molar-refractivity contribution in [1.82, 2.24) is 10.6 Å². The summed E-state index contributed by atoms with van der Waals surface area (Å²) < 4.78 is 15.9. The molecule has 0 spiro atoms. The Morgan fingerprint density at radius 3 is 2.71 bits per heavy atom. The van der Waals surface area contributed by atoms with Crippen molar-refractivity contribution in [1.29, 1.82) is 0 Å². The van der Waals surface area contributed by atoms with Gasteiger partial charge in [0.1, 0.15) is 11.6 Å². The standard InChI is InChI=1S/C20H24N2O5S/c1-20(2,3)27-19(24)22-15(10-14-5-4-8-28-14)18(23)21-11-13-6-7-16-17(9-13)26-12-25-16/h4-9,15H,10-12H2,1-3H3,(H,21,23)(H,22,24)/t15-/m1/s1. The minimum absolute atomic E-state index is 0.202. The van der Waals surface area contributed by atoms with Gasteiger partial charge in [-0.05, 0) is 49.9 Å². The van der Waals surface area contributed by atoms with Crippen molar-refractivity contribution in [2.24, 2.45) is 0 Å². The lowest BCUT2D eigenvalue weighted by Crippen LogP contribution is -2.49. The summed E-state index contributed by atoms with van der Waals surface area (Å²) in [5, 5.41) is 7.48. The van der Waals surface area contributed by atoms with Crippen LogP contribution in [-0.2, 0) is 22.5 Å². The first kappa shape index (κ1) is 20.0. The van der Waals surface area contributed by atoms with E-state index < -0.39 is 17.7 Å². The van der Waals surface area contributed by atoms with Gasteiger partial charge in [-0.3, -0.25) is 4.79 Å². The predicted molar refractivity (Wildman–Crippen MR) is 106 cm³/mol. The molecule has 2 N–H and O–H groups in total. The van der Waals surface area contributed by atoms with Crippen molar-refractivity contribution < 1.29 is 23.8 Å². The lowest BCUT2D eigenvalue weighted by molar-refractivity contribution is -0.123. The molecule has 0 saturated carbocycles. The van der Waals surface area contributed by atoms with Crippen LogP contribution in [0.15, 0.2) is 35.7 Å². The number of benzene rings is 1. The van der Waals surface area contributed by atoms with Crippen LogP contribution >= 0.6 is 11.3 Å². The number of fused-ring (bicyclic) bond motifs is 1. The van der Waals surface area contributed by atoms with Crippen LogP contribution in [0.5, 0.6) is 11.5 Å². The van der Waals surface area contributed by atoms with Crippen LogP contribution in [0.4, 0.5) is 4.79 Å². The minimum Gasteiger partial charge on any atom is -0.454 e. The van der Waals surface area contributed by atoms with E-state index in [1.807, 2.05) is 35.7 Å². The van der Waals surface area contributed by atoms with Gasteiger partial charge in [0.2, 0.25) is 12.7 Å². The molecule has 150 valence electrons. The van der Waals surface area contributed by atoms with E-state index in [0.29, 0.717) is 24.5 Å². The van der Waals surface area contributed by atoms with E-state index in [1.54, 1.807) is 20.8 Å². The molecular formula is C20H24N2O5S. The summed E-state index contributed by atoms with van der Waals surface area (Å²) in [6.07, 6.45) is -0.226. The van der Waals surface area contributed by atoms with E-state index in [-0.39, 0.29) is 12.7 Å². The third-order valence-electron chi connectivity index (χ3n) is 3.90. The largest absolute Gasteiger partial charge is 0.454 e. The number of ether oxygens (including phenoxy) is 3. The summed E-state index contributed by atoms with van der Waals surface area (Å²) in [7, 11) is 0. The Morgan fingerprint density at radius 2 is 2.00 bits per heavy atom. The molecular weight excluding hydrogens is 380 g/mol. The number of carbonyl (C=O) groups excluding carboxylic acids is 2. The maximum Gasteiger partial charge on any atom is 0.408 e. The third-order valence-corrected chi connectivity index (χ3v) is 4.80. The molecule has 0 bridgehead atoms. The molecule has 2 amide bonds. The number of alkyl carbamates (subject to hydrolysis) is 1. The first-order valence-electron chi connectivity index (χ1n) is 8.98. The highest BCUT2D eigenvalue weighted by atomic mass is 32.1. The van der Waals surface area contributed by atoms with Gasteiger partial charge in [0.05, 0.1) is 0 Å². The zero-order valence-electron chi connectivity index (χ0n) is 16.1. The molecule has 1 atom stereocenters. The van der Waals surface area contributed by atoms with Gasteiger partial charge in [0, 0.05) is 17.8 Å². The summed E-state index contributed by atoms with van der Waals surface area (Å²) >= 11 is 1.53. The molecule has 28 heavy (non-hydrogen) atoms. The molecule has 1 aromatic heterocycles. The highest BCUT2D eigenvalue weighted by Gasteiger charge is 2.25. The molecule has 1 aromatic carbocycles. The highest BCUT2D eigenvalue weighted by Crippen LogP contribution is 2.32. The summed E-state index contributed by atoms with van der Waals surface area (Å²) in [6, 6.07) is 8.62. The second-order valence-corrected chi connectivity index (χ2v) is 8.42. The highest BCUT2D eigenvalue weighted by molar-refractivity contribution is 7.09. The van der Waals surface area contributed by atoms with Crippen LogP contribution in [-0.4, -0.2) is 30.4 Å². The molecule has 0 aliphatic carbocycles. The number of carbonyl (C=O) groups is 2. The first-order valence-corrected chi connectivity index (χ1v) is 9.86. The van der Waals surface area contributed by atoms with Gasteiger partial charge in [-0.2, -0.15) is 0 Å². The first-order chi connectivity index (χ1) is 13.3. The van der Waals surface area contributed by atoms with E-state index in [2.05, 4.69) is 10.6 Å². The van der Waals surface area contributed by atoms with Gasteiger partial charge in [-0.25, -0.2) is 4.79 Å². The predicted octanol–water partition coefficient (Wildman–Crippen LogP) is 3.23. The van der Waals surface area contributed by atoms with Crippen LogP contribution < -0.4 is 20.1 Å². The summed E-state index contributed by atoms with van der Waals surface area (Å²) in [5.74, 6) is 1.07. The number of rotatable bonds is 6. The quantitative estimate of drug-likeness (QED) is 0.772. The minimum atomic E-state index is -0.734. The molecule has 7 nitrogen and oxygen atoms in total. The van der Waals surface area contributed by atoms with Crippen molar-refractivity contribution in [2.45, 2.75) is 45.4 Å². The van der Waals surface area contributed by atoms with E-state index >= 15 is 0 Å². The lowest BCUT2D eigenvalue weighted by Gasteiger charge is -2.23. The smallest absolute Gasteiger partial charge is 0.408 e. The fraction of sp³-hybridized carbons (Fsp3) is 0.400. The van der Waals surface area contributed by atoms with Crippen LogP contribution in [0, 0.1) is 0 Å². The van der Waals surface area contributed by atoms with Crippen LogP contribution in [0.3, 0.4) is 0 Å². The monoisotopic (exact) mass is 404 g/mol. The summed E-state index contributed by atoms with van der Waals surface area (Å²) in [6.45, 7) is 5.85. The zero-order valence-corrected chi connectivity index (χ0v) is 16.9. The molecule has 3 rings (SSSR count). The molecule has 0 saturated heterocycles. The van der Waals surface area contributed by atoms with Gasteiger partial charge in [0.15, 0.2) is 11.5 Å². The van der Waals surface area contributed by atoms with Crippen molar-refractivity contribution >= 4 is 23.3 Å². The zero-order chi connectivity index (χ0) is 20.1. The van der Waals surface area contributed by atoms with Gasteiger partial charge in [-0.15, -0.1) is 11.3 Å². The van der Waals surface area contributed by atoms with Crippen LogP contribution in [0.25, 0.3) is 0 Å². The average Bonchev–Trinajstić information content (AvgIpc) is 3.28. The fourth-order valence-electron chi connectivity index (χ4n) is 2.65. The maximum absolute atomic E-state index is 12.7. The number of amides is 2. The van der Waals surface area contributed by atoms with E-state index in [0.717, 1.165) is 10.4 Å². The second kappa shape index (κ2) is 8.52. The topological polar surface area (TPSA) is 85.9 Å². The number of thiophene rings is 1. The number of nitrogens with one attached hydrogen (secondary N) is 2. The normalized spacial score (nSPS) is 13.7. The molecule has 1 aliphatic heterocycles. The van der Waals surface area contributed by atoms with Gasteiger partial charge in [0.25, 0.3) is 0 Å². The number of hydrogen-bond acceptors (Lipinski definition) is 6. The van der Waals surface area contributed by atoms with E-state index in [4.69, 9.17) is 14.2 Å². The third kappa shape index (κ3) is 5.63. The Kier molecular flexibility index (Phi) is 6.08. The number of hydrogen-bond donors (Lipinski definition) is 2. The van der Waals surface area contributed by atoms with E-state index in [9.17, 15) is 9.59 Å². The van der Waals surface area contributed by atoms with Gasteiger partial charge < -0.3 is 24.8 Å². The average molecular weight is 404 g/mol.